The number of unbranched alkanes of at least 4 members (excludes halogenated alkanes) is 1. The van der Waals surface area contributed by atoms with Gasteiger partial charge in [0.1, 0.15) is 0 Å². The molecule has 0 aromatic heterocycles. The molecule has 0 aromatic carbocycles. The molecular weight excluding hydrogens is 214 g/mol. The van der Waals surface area contributed by atoms with Crippen molar-refractivity contribution in [2.75, 3.05) is 7.11 Å². The summed E-state index contributed by atoms with van der Waals surface area (Å²) in [6.45, 7) is 2.02. The maximum absolute atomic E-state index is 11.9. The number of hydrogen-bond acceptors (Lipinski definition) is 2. The van der Waals surface area contributed by atoms with Crippen LogP contribution in [-0.4, -0.2) is 19.5 Å². The normalized spacial score (nSPS) is 11.9. The van der Waals surface area contributed by atoms with E-state index in [1.807, 2.05) is 13.0 Å². The molecule has 0 heterocycles. The van der Waals surface area contributed by atoms with Gasteiger partial charge >= 0.3 is 5.97 Å². The van der Waals surface area contributed by atoms with E-state index in [0.717, 1.165) is 18.4 Å². The van der Waals surface area contributed by atoms with Crippen LogP contribution in [0.15, 0.2) is 11.6 Å². The van der Waals surface area contributed by atoms with Crippen LogP contribution in [0, 0.1) is 0 Å². The number of esters is 1. The largest absolute Gasteiger partial charge is 0.469 e. The first-order valence-electron chi connectivity index (χ1n) is 5.63. The molecule has 0 rings (SSSR count). The minimum atomic E-state index is -2.23. The van der Waals surface area contributed by atoms with Crippen LogP contribution < -0.4 is 0 Å². The lowest BCUT2D eigenvalue weighted by Gasteiger charge is -2.05. The van der Waals surface area contributed by atoms with Gasteiger partial charge in [0.15, 0.2) is 0 Å². The first-order chi connectivity index (χ1) is 7.60. The fourth-order valence-electron chi connectivity index (χ4n) is 1.42. The first-order valence-corrected chi connectivity index (χ1v) is 5.63. The van der Waals surface area contributed by atoms with E-state index in [0.29, 0.717) is 12.8 Å². The highest BCUT2D eigenvalue weighted by Crippen LogP contribution is 2.14. The van der Waals surface area contributed by atoms with Gasteiger partial charge in [-0.05, 0) is 19.3 Å². The Labute approximate surface area is 95.7 Å². The molecule has 0 aromatic rings. The van der Waals surface area contributed by atoms with Gasteiger partial charge in [0.25, 0.3) is 0 Å². The van der Waals surface area contributed by atoms with Crippen LogP contribution in [0.1, 0.15) is 45.4 Å². The molecule has 0 saturated heterocycles. The Morgan fingerprint density at radius 3 is 2.62 bits per heavy atom. The Balaban J connectivity index is 3.98. The molecule has 0 aliphatic rings. The second-order valence-electron chi connectivity index (χ2n) is 3.69. The monoisotopic (exact) mass is 234 g/mol. The van der Waals surface area contributed by atoms with Gasteiger partial charge in [-0.2, -0.15) is 0 Å². The average molecular weight is 234 g/mol. The van der Waals surface area contributed by atoms with Crippen molar-refractivity contribution in [3.63, 3.8) is 0 Å². The predicted molar refractivity (Wildman–Crippen MR) is 59.5 cm³/mol. The van der Waals surface area contributed by atoms with Crippen LogP contribution in [0.2, 0.25) is 0 Å². The van der Waals surface area contributed by atoms with Crippen LogP contribution in [0.3, 0.4) is 0 Å². The molecule has 4 heteroatoms. The highest BCUT2D eigenvalue weighted by atomic mass is 19.3. The van der Waals surface area contributed by atoms with Gasteiger partial charge in [0.2, 0.25) is 6.43 Å². The van der Waals surface area contributed by atoms with Crippen molar-refractivity contribution in [1.82, 2.24) is 0 Å². The van der Waals surface area contributed by atoms with E-state index in [9.17, 15) is 13.6 Å². The number of halogens is 2. The molecular formula is C12H20F2O2. The van der Waals surface area contributed by atoms with E-state index in [1.54, 1.807) is 0 Å². The van der Waals surface area contributed by atoms with E-state index in [2.05, 4.69) is 4.74 Å². The van der Waals surface area contributed by atoms with Gasteiger partial charge in [-0.3, -0.25) is 4.79 Å². The third-order valence-corrected chi connectivity index (χ3v) is 2.23. The lowest BCUT2D eigenvalue weighted by Crippen LogP contribution is -2.02. The summed E-state index contributed by atoms with van der Waals surface area (Å²) in [6, 6.07) is 0. The third kappa shape index (κ3) is 8.38. The standard InChI is InChI=1S/C12H20F2O2/c1-3-6-10(9-12(15)16-2)7-4-5-8-11(13)14/h7,11H,3-6,8-9H2,1-2H3/b10-7+. The lowest BCUT2D eigenvalue weighted by molar-refractivity contribution is -0.139. The van der Waals surface area contributed by atoms with Crippen molar-refractivity contribution in [3.8, 4) is 0 Å². The van der Waals surface area contributed by atoms with Crippen molar-refractivity contribution in [2.45, 2.75) is 51.9 Å². The summed E-state index contributed by atoms with van der Waals surface area (Å²) >= 11 is 0. The van der Waals surface area contributed by atoms with E-state index in [1.165, 1.54) is 7.11 Å². The molecule has 0 aliphatic carbocycles. The molecule has 0 N–H and O–H groups in total. The average Bonchev–Trinajstić information content (AvgIpc) is 2.24. The molecule has 2 nitrogen and oxygen atoms in total. The zero-order chi connectivity index (χ0) is 12.4. The molecule has 0 bridgehead atoms. The molecule has 0 spiro atoms. The SMILES string of the molecule is CCC/C(=C\CCCC(F)F)CC(=O)OC. The van der Waals surface area contributed by atoms with Gasteiger partial charge in [0, 0.05) is 6.42 Å². The molecule has 0 radical (unpaired) electrons. The van der Waals surface area contributed by atoms with E-state index in [-0.39, 0.29) is 18.8 Å². The summed E-state index contributed by atoms with van der Waals surface area (Å²) in [6.07, 6.45) is 2.70. The number of carbonyl (C=O) groups is 1. The molecule has 0 atom stereocenters. The third-order valence-electron chi connectivity index (χ3n) is 2.23. The van der Waals surface area contributed by atoms with Gasteiger partial charge in [-0.1, -0.05) is 25.0 Å². The zero-order valence-electron chi connectivity index (χ0n) is 9.97. The van der Waals surface area contributed by atoms with Gasteiger partial charge < -0.3 is 4.74 Å². The van der Waals surface area contributed by atoms with Crippen LogP contribution in [0.5, 0.6) is 0 Å². The lowest BCUT2D eigenvalue weighted by atomic mass is 10.0. The number of allylic oxidation sites excluding steroid dienone is 1. The summed E-state index contributed by atoms with van der Waals surface area (Å²) in [4.78, 5) is 11.1. The first kappa shape index (κ1) is 15.1. The van der Waals surface area contributed by atoms with Crippen LogP contribution in [0.4, 0.5) is 8.78 Å². The van der Waals surface area contributed by atoms with E-state index in [4.69, 9.17) is 0 Å². The highest BCUT2D eigenvalue weighted by Gasteiger charge is 2.05. The second-order valence-corrected chi connectivity index (χ2v) is 3.69. The molecule has 0 aliphatic heterocycles. The number of ether oxygens (including phenoxy) is 1. The zero-order valence-corrected chi connectivity index (χ0v) is 9.97. The van der Waals surface area contributed by atoms with Gasteiger partial charge in [-0.25, -0.2) is 8.78 Å². The summed E-state index contributed by atoms with van der Waals surface area (Å²) in [5.41, 5.74) is 0.989. The quantitative estimate of drug-likeness (QED) is 0.363. The number of methoxy groups -OCH3 is 1. The predicted octanol–water partition coefficient (Wildman–Crippen LogP) is 3.71. The van der Waals surface area contributed by atoms with E-state index >= 15 is 0 Å². The Kier molecular flexibility index (Phi) is 8.77. The minimum Gasteiger partial charge on any atom is -0.469 e. The van der Waals surface area contributed by atoms with Crippen LogP contribution in [0.25, 0.3) is 0 Å². The Morgan fingerprint density at radius 1 is 1.44 bits per heavy atom. The number of alkyl halides is 2. The van der Waals surface area contributed by atoms with E-state index < -0.39 is 6.43 Å². The van der Waals surface area contributed by atoms with Gasteiger partial charge in [0.05, 0.1) is 13.5 Å². The fourth-order valence-corrected chi connectivity index (χ4v) is 1.42. The van der Waals surface area contributed by atoms with Gasteiger partial charge in [-0.15, -0.1) is 0 Å². The fraction of sp³-hybridized carbons (Fsp3) is 0.750. The van der Waals surface area contributed by atoms with Crippen molar-refractivity contribution in [1.29, 1.82) is 0 Å². The second kappa shape index (κ2) is 9.31. The molecule has 16 heavy (non-hydrogen) atoms. The minimum absolute atomic E-state index is 0.0753. The molecule has 0 saturated carbocycles. The van der Waals surface area contributed by atoms with Crippen molar-refractivity contribution in [3.05, 3.63) is 11.6 Å². The Bertz CT molecular complexity index is 225. The summed E-state index contributed by atoms with van der Waals surface area (Å²) in [5, 5.41) is 0. The molecule has 0 amide bonds. The molecule has 0 fully saturated rings. The number of hydrogen-bond donors (Lipinski definition) is 0. The number of carbonyl (C=O) groups excluding carboxylic acids is 1. The van der Waals surface area contributed by atoms with Crippen molar-refractivity contribution < 1.29 is 18.3 Å². The topological polar surface area (TPSA) is 26.3 Å². The smallest absolute Gasteiger partial charge is 0.309 e. The van der Waals surface area contributed by atoms with Crippen molar-refractivity contribution >= 4 is 5.97 Å². The highest BCUT2D eigenvalue weighted by molar-refractivity contribution is 5.72. The van der Waals surface area contributed by atoms with Crippen molar-refractivity contribution in [2.24, 2.45) is 0 Å². The molecule has 0 unspecified atom stereocenters. The number of rotatable bonds is 8. The Morgan fingerprint density at radius 2 is 2.12 bits per heavy atom. The van der Waals surface area contributed by atoms with Crippen LogP contribution >= 0.6 is 0 Å². The summed E-state index contributed by atoms with van der Waals surface area (Å²) < 4.78 is 28.3. The summed E-state index contributed by atoms with van der Waals surface area (Å²) in [5.74, 6) is -0.270. The summed E-state index contributed by atoms with van der Waals surface area (Å²) in [7, 11) is 1.35. The maximum Gasteiger partial charge on any atom is 0.309 e. The molecule has 94 valence electrons. The Hall–Kier alpha value is -0.930. The maximum atomic E-state index is 11.9. The van der Waals surface area contributed by atoms with Crippen LogP contribution in [-0.2, 0) is 9.53 Å².